The van der Waals surface area contributed by atoms with Crippen LogP contribution in [0.1, 0.15) is 66.5 Å². The van der Waals surface area contributed by atoms with E-state index in [1.807, 2.05) is 0 Å². The van der Waals surface area contributed by atoms with Crippen molar-refractivity contribution in [2.45, 2.75) is 87.9 Å². The first-order valence-electron chi connectivity index (χ1n) is 10.7. The van der Waals surface area contributed by atoms with Crippen molar-refractivity contribution in [2.75, 3.05) is 0 Å². The Hall–Kier alpha value is -0.0800. The van der Waals surface area contributed by atoms with Gasteiger partial charge in [-0.15, -0.1) is 0 Å². The van der Waals surface area contributed by atoms with Gasteiger partial charge in [-0.3, -0.25) is 0 Å². The molecule has 2 saturated heterocycles. The van der Waals surface area contributed by atoms with Gasteiger partial charge in [0, 0.05) is 34.8 Å². The SMILES string of the molecule is CC1C(C)C(C)[S+](Cc2ccc(C[S+]3C(C)C(C)C(C)C3C)cc2)C1C. The number of rotatable bonds is 4. The molecule has 0 amide bonds. The second kappa shape index (κ2) is 8.11. The van der Waals surface area contributed by atoms with Crippen LogP contribution in [0, 0.1) is 23.7 Å². The molecule has 0 radical (unpaired) electrons. The first kappa shape index (κ1) is 20.6. The molecule has 0 bridgehead atoms. The van der Waals surface area contributed by atoms with E-state index in [2.05, 4.69) is 79.7 Å². The molecule has 26 heavy (non-hydrogen) atoms. The molecule has 8 unspecified atom stereocenters. The smallest absolute Gasteiger partial charge is 0.0573 e. The maximum absolute atomic E-state index is 2.49. The van der Waals surface area contributed by atoms with E-state index in [0.29, 0.717) is 21.8 Å². The Morgan fingerprint density at radius 1 is 0.500 bits per heavy atom. The summed E-state index contributed by atoms with van der Waals surface area (Å²) in [6.07, 6.45) is 0. The molecule has 2 aliphatic rings. The van der Waals surface area contributed by atoms with E-state index in [1.54, 1.807) is 11.1 Å². The highest BCUT2D eigenvalue weighted by Gasteiger charge is 2.50. The third-order valence-electron chi connectivity index (χ3n) is 8.22. The van der Waals surface area contributed by atoms with Gasteiger partial charge in [-0.2, -0.15) is 0 Å². The lowest BCUT2D eigenvalue weighted by Crippen LogP contribution is -2.24. The van der Waals surface area contributed by atoms with E-state index in [-0.39, 0.29) is 0 Å². The zero-order chi connectivity index (χ0) is 19.2. The van der Waals surface area contributed by atoms with Crippen molar-refractivity contribution in [1.29, 1.82) is 0 Å². The molecule has 2 heterocycles. The van der Waals surface area contributed by atoms with Gasteiger partial charge in [0.05, 0.1) is 0 Å². The minimum Gasteiger partial charge on any atom is -0.0573 e. The van der Waals surface area contributed by atoms with Crippen LogP contribution >= 0.6 is 0 Å². The molecule has 8 atom stereocenters. The minimum atomic E-state index is 0.542. The summed E-state index contributed by atoms with van der Waals surface area (Å²) in [7, 11) is 1.08. The van der Waals surface area contributed by atoms with Crippen LogP contribution in [0.4, 0.5) is 0 Å². The third kappa shape index (κ3) is 3.75. The van der Waals surface area contributed by atoms with Gasteiger partial charge in [0.15, 0.2) is 0 Å². The molecule has 146 valence electrons. The molecule has 0 saturated carbocycles. The Labute approximate surface area is 168 Å². The van der Waals surface area contributed by atoms with Crippen LogP contribution in [0.3, 0.4) is 0 Å². The van der Waals surface area contributed by atoms with E-state index >= 15 is 0 Å². The van der Waals surface area contributed by atoms with Crippen LogP contribution in [-0.2, 0) is 33.3 Å². The van der Waals surface area contributed by atoms with Crippen molar-refractivity contribution < 1.29 is 0 Å². The van der Waals surface area contributed by atoms with Crippen molar-refractivity contribution in [3.8, 4) is 0 Å². The molecule has 2 aliphatic heterocycles. The van der Waals surface area contributed by atoms with Crippen molar-refractivity contribution in [1.82, 2.24) is 0 Å². The topological polar surface area (TPSA) is 0 Å². The van der Waals surface area contributed by atoms with Gasteiger partial charge in [0.25, 0.3) is 0 Å². The van der Waals surface area contributed by atoms with Gasteiger partial charge in [0.1, 0.15) is 32.5 Å². The fraction of sp³-hybridized carbons (Fsp3) is 0.750. The predicted molar refractivity (Wildman–Crippen MR) is 123 cm³/mol. The average molecular weight is 393 g/mol. The quantitative estimate of drug-likeness (QED) is 0.547. The van der Waals surface area contributed by atoms with Crippen LogP contribution in [0.25, 0.3) is 0 Å². The predicted octanol–water partition coefficient (Wildman–Crippen LogP) is 6.05. The average Bonchev–Trinajstić information content (AvgIpc) is 2.93. The Bertz CT molecular complexity index is 514. The third-order valence-corrected chi connectivity index (χ3v) is 15.1. The van der Waals surface area contributed by atoms with Gasteiger partial charge < -0.3 is 0 Å². The molecular weight excluding hydrogens is 352 g/mol. The molecule has 0 aliphatic carbocycles. The van der Waals surface area contributed by atoms with E-state index in [0.717, 1.165) is 44.7 Å². The molecular formula is C24H40S2+2. The fourth-order valence-corrected chi connectivity index (χ4v) is 11.9. The van der Waals surface area contributed by atoms with Crippen LogP contribution in [0.5, 0.6) is 0 Å². The van der Waals surface area contributed by atoms with E-state index in [4.69, 9.17) is 0 Å². The monoisotopic (exact) mass is 392 g/mol. The zero-order valence-electron chi connectivity index (χ0n) is 18.2. The second-order valence-electron chi connectivity index (χ2n) is 9.30. The van der Waals surface area contributed by atoms with Crippen molar-refractivity contribution >= 4 is 21.8 Å². The molecule has 2 fully saturated rings. The molecule has 1 aromatic carbocycles. The first-order chi connectivity index (χ1) is 12.2. The highest BCUT2D eigenvalue weighted by Crippen LogP contribution is 2.41. The molecule has 0 N–H and O–H groups in total. The summed E-state index contributed by atoms with van der Waals surface area (Å²) in [6, 6.07) is 9.77. The molecule has 3 rings (SSSR count). The summed E-state index contributed by atoms with van der Waals surface area (Å²) in [5.74, 6) is 6.10. The lowest BCUT2D eigenvalue weighted by molar-refractivity contribution is 0.413. The van der Waals surface area contributed by atoms with E-state index < -0.39 is 0 Å². The van der Waals surface area contributed by atoms with Crippen molar-refractivity contribution in [2.24, 2.45) is 23.7 Å². The van der Waals surface area contributed by atoms with Gasteiger partial charge in [-0.1, -0.05) is 52.0 Å². The lowest BCUT2D eigenvalue weighted by Gasteiger charge is -2.14. The van der Waals surface area contributed by atoms with Crippen LogP contribution in [-0.4, -0.2) is 21.0 Å². The summed E-state index contributed by atoms with van der Waals surface area (Å²) < 4.78 is 0. The summed E-state index contributed by atoms with van der Waals surface area (Å²) in [4.78, 5) is 0. The summed E-state index contributed by atoms with van der Waals surface area (Å²) >= 11 is 0. The Morgan fingerprint density at radius 3 is 0.962 bits per heavy atom. The van der Waals surface area contributed by atoms with Crippen molar-refractivity contribution in [3.63, 3.8) is 0 Å². The van der Waals surface area contributed by atoms with Gasteiger partial charge in [-0.05, 0) is 49.5 Å². The number of hydrogen-bond donors (Lipinski definition) is 0. The second-order valence-corrected chi connectivity index (χ2v) is 14.7. The zero-order valence-corrected chi connectivity index (χ0v) is 19.8. The van der Waals surface area contributed by atoms with Gasteiger partial charge >= 0.3 is 0 Å². The summed E-state index contributed by atoms with van der Waals surface area (Å²) in [5.41, 5.74) is 3.13. The van der Waals surface area contributed by atoms with Gasteiger partial charge in [-0.25, -0.2) is 0 Å². The fourth-order valence-electron chi connectivity index (χ4n) is 5.13. The first-order valence-corrected chi connectivity index (χ1v) is 13.7. The normalized spacial score (nSPS) is 46.0. The lowest BCUT2D eigenvalue weighted by atomic mass is 9.92. The summed E-state index contributed by atoms with van der Waals surface area (Å²) in [5, 5.41) is 3.52. The molecule has 1 aromatic rings. The Morgan fingerprint density at radius 2 is 0.731 bits per heavy atom. The summed E-state index contributed by atoms with van der Waals surface area (Å²) in [6.45, 7) is 19.8. The number of benzene rings is 1. The molecule has 0 spiro atoms. The van der Waals surface area contributed by atoms with Crippen LogP contribution in [0.15, 0.2) is 24.3 Å². The Balaban J connectivity index is 1.64. The van der Waals surface area contributed by atoms with Crippen LogP contribution < -0.4 is 0 Å². The van der Waals surface area contributed by atoms with Crippen molar-refractivity contribution in [3.05, 3.63) is 35.4 Å². The minimum absolute atomic E-state index is 0.542. The van der Waals surface area contributed by atoms with E-state index in [9.17, 15) is 0 Å². The van der Waals surface area contributed by atoms with E-state index in [1.165, 1.54) is 11.5 Å². The highest BCUT2D eigenvalue weighted by molar-refractivity contribution is 7.97. The Kier molecular flexibility index (Phi) is 6.44. The standard InChI is InChI=1S/C24H40S2/c1-15-16(2)20(6)25(19(15)5)13-23-9-11-24(12-10-23)14-26-21(7)17(3)18(4)22(26)8/h9-12,15-22H,13-14H2,1-8H3/q+2. The molecule has 0 aromatic heterocycles. The highest BCUT2D eigenvalue weighted by atomic mass is 32.2. The maximum atomic E-state index is 2.49. The number of hydrogen-bond acceptors (Lipinski definition) is 0. The molecule has 0 nitrogen and oxygen atoms in total. The largest absolute Gasteiger partial charge is 0.133 e. The van der Waals surface area contributed by atoms with Crippen LogP contribution in [0.2, 0.25) is 0 Å². The van der Waals surface area contributed by atoms with Gasteiger partial charge in [0.2, 0.25) is 0 Å². The molecule has 2 heteroatoms. The maximum Gasteiger partial charge on any atom is 0.133 e.